The number of amides is 1. The van der Waals surface area contributed by atoms with Crippen molar-refractivity contribution in [1.82, 2.24) is 15.5 Å². The van der Waals surface area contributed by atoms with Crippen molar-refractivity contribution in [3.05, 3.63) is 36.0 Å². The van der Waals surface area contributed by atoms with Crippen molar-refractivity contribution in [2.45, 2.75) is 38.2 Å². The minimum Gasteiger partial charge on any atom is -0.376 e. The molecule has 1 fully saturated rings. The van der Waals surface area contributed by atoms with Gasteiger partial charge in [-0.05, 0) is 43.5 Å². The lowest BCUT2D eigenvalue weighted by Gasteiger charge is -2.10. The zero-order valence-electron chi connectivity index (χ0n) is 13.3. The minimum absolute atomic E-state index is 0.00349. The van der Waals surface area contributed by atoms with Gasteiger partial charge in [0.05, 0.1) is 6.10 Å². The highest BCUT2D eigenvalue weighted by Gasteiger charge is 2.16. The Kier molecular flexibility index (Phi) is 5.53. The number of carbonyl (C=O) groups excluding carboxylic acids is 1. The summed E-state index contributed by atoms with van der Waals surface area (Å²) >= 11 is 0. The maximum atomic E-state index is 12.9. The largest absolute Gasteiger partial charge is 0.376 e. The first kappa shape index (κ1) is 16.6. The molecule has 2 heterocycles. The molecular weight excluding hydrogens is 313 g/mol. The third-order valence-electron chi connectivity index (χ3n) is 3.92. The molecule has 1 aliphatic rings. The molecule has 24 heavy (non-hydrogen) atoms. The maximum absolute atomic E-state index is 12.9. The highest BCUT2D eigenvalue weighted by molar-refractivity contribution is 5.75. The van der Waals surface area contributed by atoms with E-state index in [0.717, 1.165) is 19.4 Å². The van der Waals surface area contributed by atoms with Gasteiger partial charge in [0.1, 0.15) is 5.82 Å². The van der Waals surface area contributed by atoms with Crippen LogP contribution >= 0.6 is 0 Å². The highest BCUT2D eigenvalue weighted by Crippen LogP contribution is 2.17. The molecule has 2 aromatic rings. The number of hydrogen-bond donors (Lipinski definition) is 1. The molecule has 1 N–H and O–H groups in total. The van der Waals surface area contributed by atoms with Gasteiger partial charge in [-0.1, -0.05) is 5.16 Å². The number of nitrogens with zero attached hydrogens (tertiary/aromatic N) is 2. The summed E-state index contributed by atoms with van der Waals surface area (Å²) < 4.78 is 23.5. The molecule has 6 nitrogen and oxygen atoms in total. The Morgan fingerprint density at radius 2 is 2.17 bits per heavy atom. The summed E-state index contributed by atoms with van der Waals surface area (Å²) in [6.07, 6.45) is 3.79. The smallest absolute Gasteiger partial charge is 0.226 e. The number of hydrogen-bond acceptors (Lipinski definition) is 5. The Balaban J connectivity index is 1.40. The van der Waals surface area contributed by atoms with Crippen LogP contribution in [0.15, 0.2) is 28.8 Å². The predicted octanol–water partition coefficient (Wildman–Crippen LogP) is 2.49. The molecule has 128 valence electrons. The molecular formula is C17H20FN3O3. The van der Waals surface area contributed by atoms with Gasteiger partial charge in [-0.2, -0.15) is 4.98 Å². The highest BCUT2D eigenvalue weighted by atomic mass is 19.1. The van der Waals surface area contributed by atoms with Crippen LogP contribution in [0.4, 0.5) is 4.39 Å². The fourth-order valence-electron chi connectivity index (χ4n) is 2.59. The molecule has 0 aliphatic carbocycles. The van der Waals surface area contributed by atoms with Crippen LogP contribution in [0.25, 0.3) is 11.4 Å². The van der Waals surface area contributed by atoms with Crippen molar-refractivity contribution < 1.29 is 18.4 Å². The lowest BCUT2D eigenvalue weighted by molar-refractivity contribution is -0.121. The van der Waals surface area contributed by atoms with Crippen LogP contribution < -0.4 is 5.32 Å². The molecule has 1 unspecified atom stereocenters. The zero-order valence-corrected chi connectivity index (χ0v) is 13.3. The lowest BCUT2D eigenvalue weighted by Crippen LogP contribution is -2.31. The normalized spacial score (nSPS) is 17.1. The van der Waals surface area contributed by atoms with E-state index < -0.39 is 0 Å². The van der Waals surface area contributed by atoms with Gasteiger partial charge in [0.15, 0.2) is 0 Å². The Bertz CT molecular complexity index is 666. The van der Waals surface area contributed by atoms with Gasteiger partial charge in [-0.15, -0.1) is 0 Å². The number of benzene rings is 1. The van der Waals surface area contributed by atoms with E-state index in [1.807, 2.05) is 0 Å². The summed E-state index contributed by atoms with van der Waals surface area (Å²) in [6, 6.07) is 5.90. The number of halogens is 1. The van der Waals surface area contributed by atoms with Gasteiger partial charge in [0, 0.05) is 31.6 Å². The Hall–Kier alpha value is -2.28. The van der Waals surface area contributed by atoms with Crippen molar-refractivity contribution in [2.24, 2.45) is 0 Å². The van der Waals surface area contributed by atoms with E-state index in [0.29, 0.717) is 43.1 Å². The summed E-state index contributed by atoms with van der Waals surface area (Å²) in [5, 5.41) is 6.76. The number of ether oxygens (including phenoxy) is 1. The summed E-state index contributed by atoms with van der Waals surface area (Å²) in [5.41, 5.74) is 0.695. The Morgan fingerprint density at radius 1 is 1.33 bits per heavy atom. The Labute approximate surface area is 139 Å². The van der Waals surface area contributed by atoms with E-state index in [9.17, 15) is 9.18 Å². The summed E-state index contributed by atoms with van der Waals surface area (Å²) in [5.74, 6) is 0.592. The molecule has 1 aromatic heterocycles. The molecule has 1 amide bonds. The standard InChI is InChI=1S/C17H20FN3O3/c18-13-8-6-12(7-9-13)17-20-16(24-21-17)5-1-4-15(22)19-11-14-3-2-10-23-14/h6-9,14H,1-5,10-11H2,(H,19,22). The van der Waals surface area contributed by atoms with Crippen LogP contribution in [-0.2, 0) is 16.0 Å². The van der Waals surface area contributed by atoms with E-state index in [-0.39, 0.29) is 17.8 Å². The van der Waals surface area contributed by atoms with E-state index in [4.69, 9.17) is 9.26 Å². The fraction of sp³-hybridized carbons (Fsp3) is 0.471. The van der Waals surface area contributed by atoms with Crippen LogP contribution in [-0.4, -0.2) is 35.3 Å². The number of nitrogens with one attached hydrogen (secondary N) is 1. The van der Waals surface area contributed by atoms with Crippen LogP contribution in [0.2, 0.25) is 0 Å². The number of rotatable bonds is 7. The zero-order chi connectivity index (χ0) is 16.8. The lowest BCUT2D eigenvalue weighted by atomic mass is 10.2. The second kappa shape index (κ2) is 8.01. The summed E-state index contributed by atoms with van der Waals surface area (Å²) in [6.45, 7) is 1.36. The molecule has 1 atom stereocenters. The predicted molar refractivity (Wildman–Crippen MR) is 84.6 cm³/mol. The molecule has 0 saturated carbocycles. The molecule has 0 radical (unpaired) electrons. The van der Waals surface area contributed by atoms with Crippen molar-refractivity contribution in [3.63, 3.8) is 0 Å². The van der Waals surface area contributed by atoms with Gasteiger partial charge >= 0.3 is 0 Å². The topological polar surface area (TPSA) is 77.2 Å². The monoisotopic (exact) mass is 333 g/mol. The van der Waals surface area contributed by atoms with Gasteiger partial charge in [0.25, 0.3) is 0 Å². The average molecular weight is 333 g/mol. The van der Waals surface area contributed by atoms with E-state index in [1.54, 1.807) is 12.1 Å². The van der Waals surface area contributed by atoms with Crippen LogP contribution in [0, 0.1) is 5.82 Å². The SMILES string of the molecule is O=C(CCCc1nc(-c2ccc(F)cc2)no1)NCC1CCCO1. The molecule has 3 rings (SSSR count). The fourth-order valence-corrected chi connectivity index (χ4v) is 2.59. The van der Waals surface area contributed by atoms with Crippen molar-refractivity contribution >= 4 is 5.91 Å². The average Bonchev–Trinajstić information content (AvgIpc) is 3.25. The van der Waals surface area contributed by atoms with Crippen LogP contribution in [0.1, 0.15) is 31.6 Å². The van der Waals surface area contributed by atoms with E-state index in [2.05, 4.69) is 15.5 Å². The molecule has 1 aromatic carbocycles. The molecule has 7 heteroatoms. The summed E-state index contributed by atoms with van der Waals surface area (Å²) in [4.78, 5) is 16.0. The van der Waals surface area contributed by atoms with E-state index in [1.165, 1.54) is 12.1 Å². The van der Waals surface area contributed by atoms with Crippen molar-refractivity contribution in [1.29, 1.82) is 0 Å². The minimum atomic E-state index is -0.309. The van der Waals surface area contributed by atoms with Crippen molar-refractivity contribution in [2.75, 3.05) is 13.2 Å². The third kappa shape index (κ3) is 4.61. The van der Waals surface area contributed by atoms with Gasteiger partial charge in [-0.3, -0.25) is 4.79 Å². The molecule has 1 aliphatic heterocycles. The van der Waals surface area contributed by atoms with E-state index >= 15 is 0 Å². The summed E-state index contributed by atoms with van der Waals surface area (Å²) in [7, 11) is 0. The molecule has 0 spiro atoms. The second-order valence-electron chi connectivity index (χ2n) is 5.81. The number of aryl methyl sites for hydroxylation is 1. The number of aromatic nitrogens is 2. The third-order valence-corrected chi connectivity index (χ3v) is 3.92. The van der Waals surface area contributed by atoms with Gasteiger partial charge in [0.2, 0.25) is 17.6 Å². The van der Waals surface area contributed by atoms with Gasteiger partial charge < -0.3 is 14.6 Å². The van der Waals surface area contributed by atoms with Crippen LogP contribution in [0.5, 0.6) is 0 Å². The first-order chi connectivity index (χ1) is 11.7. The van der Waals surface area contributed by atoms with Crippen LogP contribution in [0.3, 0.4) is 0 Å². The second-order valence-corrected chi connectivity index (χ2v) is 5.81. The van der Waals surface area contributed by atoms with Crippen molar-refractivity contribution in [3.8, 4) is 11.4 Å². The first-order valence-electron chi connectivity index (χ1n) is 8.17. The van der Waals surface area contributed by atoms with Gasteiger partial charge in [-0.25, -0.2) is 4.39 Å². The Morgan fingerprint density at radius 3 is 2.92 bits per heavy atom. The molecule has 0 bridgehead atoms. The molecule has 1 saturated heterocycles. The quantitative estimate of drug-likeness (QED) is 0.842. The first-order valence-corrected chi connectivity index (χ1v) is 8.17. The number of carbonyl (C=O) groups is 1. The maximum Gasteiger partial charge on any atom is 0.226 e.